The molecule has 0 saturated carbocycles. The van der Waals surface area contributed by atoms with Crippen molar-refractivity contribution in [2.45, 2.75) is 13.8 Å². The van der Waals surface area contributed by atoms with Crippen LogP contribution in [0.5, 0.6) is 17.2 Å². The molecule has 2 aromatic carbocycles. The molecule has 0 heterocycles. The van der Waals surface area contributed by atoms with Crippen molar-refractivity contribution in [1.29, 1.82) is 0 Å². The largest absolute Gasteiger partial charge is 0.507 e. The van der Waals surface area contributed by atoms with Gasteiger partial charge in [-0.2, -0.15) is 0 Å². The zero-order valence-corrected chi connectivity index (χ0v) is 9.73. The molecule has 0 spiro atoms. The summed E-state index contributed by atoms with van der Waals surface area (Å²) in [7, 11) is 0. The summed E-state index contributed by atoms with van der Waals surface area (Å²) in [4.78, 5) is 0. The van der Waals surface area contributed by atoms with Gasteiger partial charge in [0.25, 0.3) is 0 Å². The highest BCUT2D eigenvalue weighted by atomic mass is 16.3. The lowest BCUT2D eigenvalue weighted by Crippen LogP contribution is -1.87. The van der Waals surface area contributed by atoms with E-state index in [-0.39, 0.29) is 17.2 Å². The van der Waals surface area contributed by atoms with E-state index in [2.05, 4.69) is 0 Å². The van der Waals surface area contributed by atoms with E-state index in [0.29, 0.717) is 16.7 Å². The van der Waals surface area contributed by atoms with Gasteiger partial charge in [-0.3, -0.25) is 0 Å². The molecule has 3 N–H and O–H groups in total. The van der Waals surface area contributed by atoms with Crippen LogP contribution >= 0.6 is 0 Å². The summed E-state index contributed by atoms with van der Waals surface area (Å²) in [6, 6.07) is 8.37. The number of aromatic hydroxyl groups is 3. The molecular weight excluding hydrogens is 216 g/mol. The van der Waals surface area contributed by atoms with Crippen LogP contribution in [0.4, 0.5) is 0 Å². The lowest BCUT2D eigenvalue weighted by atomic mass is 9.97. The van der Waals surface area contributed by atoms with Gasteiger partial charge < -0.3 is 15.3 Å². The van der Waals surface area contributed by atoms with Crippen molar-refractivity contribution in [1.82, 2.24) is 0 Å². The molecule has 0 unspecified atom stereocenters. The molecule has 3 nitrogen and oxygen atoms in total. The average molecular weight is 230 g/mol. The van der Waals surface area contributed by atoms with Crippen molar-refractivity contribution in [3.05, 3.63) is 41.5 Å². The second-order valence-corrected chi connectivity index (χ2v) is 4.08. The Morgan fingerprint density at radius 1 is 0.765 bits per heavy atom. The fraction of sp³-hybridized carbons (Fsp3) is 0.143. The predicted molar refractivity (Wildman–Crippen MR) is 66.3 cm³/mol. The fourth-order valence-corrected chi connectivity index (χ4v) is 1.88. The molecule has 0 radical (unpaired) electrons. The molecule has 0 aliphatic carbocycles. The van der Waals surface area contributed by atoms with Crippen molar-refractivity contribution in [3.8, 4) is 28.4 Å². The first-order valence-corrected chi connectivity index (χ1v) is 5.33. The molecule has 0 amide bonds. The second kappa shape index (κ2) is 4.01. The van der Waals surface area contributed by atoms with Gasteiger partial charge in [0, 0.05) is 5.56 Å². The minimum absolute atomic E-state index is 0.165. The van der Waals surface area contributed by atoms with E-state index in [1.54, 1.807) is 25.1 Å². The predicted octanol–water partition coefficient (Wildman–Crippen LogP) is 3.09. The Morgan fingerprint density at radius 2 is 1.47 bits per heavy atom. The van der Waals surface area contributed by atoms with Gasteiger partial charge in [-0.15, -0.1) is 0 Å². The van der Waals surface area contributed by atoms with Crippen molar-refractivity contribution >= 4 is 0 Å². The number of phenolic OH excluding ortho intramolecular Hbond substituents is 3. The number of aryl methyl sites for hydroxylation is 1. The van der Waals surface area contributed by atoms with Gasteiger partial charge in [-0.25, -0.2) is 0 Å². The summed E-state index contributed by atoms with van der Waals surface area (Å²) >= 11 is 0. The topological polar surface area (TPSA) is 60.7 Å². The summed E-state index contributed by atoms with van der Waals surface area (Å²) in [6.07, 6.45) is 0. The number of phenols is 3. The standard InChI is InChI=1S/C14H14O3/c1-8-6-7-10(9(2)13(8)16)11-4-3-5-12(15)14(11)17/h3-7,15-17H,1-2H3. The van der Waals surface area contributed by atoms with Crippen LogP contribution in [0.1, 0.15) is 11.1 Å². The Morgan fingerprint density at radius 3 is 2.18 bits per heavy atom. The summed E-state index contributed by atoms with van der Waals surface area (Å²) < 4.78 is 0. The SMILES string of the molecule is Cc1ccc(-c2cccc(O)c2O)c(C)c1O. The third-order valence-corrected chi connectivity index (χ3v) is 2.94. The van der Waals surface area contributed by atoms with E-state index in [1.807, 2.05) is 13.0 Å². The minimum Gasteiger partial charge on any atom is -0.507 e. The quantitative estimate of drug-likeness (QED) is 0.660. The highest BCUT2D eigenvalue weighted by molar-refractivity contribution is 5.77. The van der Waals surface area contributed by atoms with E-state index in [0.717, 1.165) is 5.56 Å². The molecule has 0 aliphatic heterocycles. The third-order valence-electron chi connectivity index (χ3n) is 2.94. The molecule has 2 rings (SSSR count). The van der Waals surface area contributed by atoms with Gasteiger partial charge in [0.1, 0.15) is 5.75 Å². The number of para-hydroxylation sites is 1. The zero-order valence-electron chi connectivity index (χ0n) is 9.73. The Bertz CT molecular complexity index is 574. The van der Waals surface area contributed by atoms with Crippen molar-refractivity contribution in [2.75, 3.05) is 0 Å². The first-order chi connectivity index (χ1) is 8.02. The van der Waals surface area contributed by atoms with Crippen LogP contribution in [-0.4, -0.2) is 15.3 Å². The Kier molecular flexibility index (Phi) is 2.68. The highest BCUT2D eigenvalue weighted by Gasteiger charge is 2.13. The van der Waals surface area contributed by atoms with E-state index < -0.39 is 0 Å². The van der Waals surface area contributed by atoms with Crippen LogP contribution in [0, 0.1) is 13.8 Å². The minimum atomic E-state index is -0.168. The first-order valence-electron chi connectivity index (χ1n) is 5.33. The Hall–Kier alpha value is -2.16. The molecule has 0 saturated heterocycles. The molecule has 0 fully saturated rings. The van der Waals surface area contributed by atoms with Gasteiger partial charge in [0.05, 0.1) is 0 Å². The smallest absolute Gasteiger partial charge is 0.165 e. The van der Waals surface area contributed by atoms with Gasteiger partial charge in [0.15, 0.2) is 11.5 Å². The zero-order chi connectivity index (χ0) is 12.6. The van der Waals surface area contributed by atoms with Crippen LogP contribution < -0.4 is 0 Å². The van der Waals surface area contributed by atoms with Gasteiger partial charge >= 0.3 is 0 Å². The lowest BCUT2D eigenvalue weighted by Gasteiger charge is -2.12. The number of hydrogen-bond donors (Lipinski definition) is 3. The molecule has 17 heavy (non-hydrogen) atoms. The monoisotopic (exact) mass is 230 g/mol. The summed E-state index contributed by atoms with van der Waals surface area (Å²) in [5.74, 6) is -0.119. The second-order valence-electron chi connectivity index (χ2n) is 4.08. The van der Waals surface area contributed by atoms with Gasteiger partial charge in [0.2, 0.25) is 0 Å². The van der Waals surface area contributed by atoms with Crippen molar-refractivity contribution < 1.29 is 15.3 Å². The Balaban J connectivity index is 2.69. The van der Waals surface area contributed by atoms with Crippen LogP contribution in [0.3, 0.4) is 0 Å². The Labute approximate surface area is 99.6 Å². The molecule has 88 valence electrons. The maximum Gasteiger partial charge on any atom is 0.165 e. The van der Waals surface area contributed by atoms with E-state index in [4.69, 9.17) is 0 Å². The normalized spacial score (nSPS) is 10.5. The maximum absolute atomic E-state index is 9.86. The molecule has 3 heteroatoms. The molecular formula is C14H14O3. The fourth-order valence-electron chi connectivity index (χ4n) is 1.88. The van der Waals surface area contributed by atoms with Crippen molar-refractivity contribution in [3.63, 3.8) is 0 Å². The lowest BCUT2D eigenvalue weighted by molar-refractivity contribution is 0.405. The molecule has 0 atom stereocenters. The summed E-state index contributed by atoms with van der Waals surface area (Å²) in [6.45, 7) is 3.59. The van der Waals surface area contributed by atoms with E-state index >= 15 is 0 Å². The van der Waals surface area contributed by atoms with Crippen LogP contribution in [0.25, 0.3) is 11.1 Å². The molecule has 0 bridgehead atoms. The van der Waals surface area contributed by atoms with E-state index in [1.165, 1.54) is 6.07 Å². The molecule has 2 aromatic rings. The first kappa shape index (κ1) is 11.3. The van der Waals surface area contributed by atoms with Crippen LogP contribution in [0.2, 0.25) is 0 Å². The van der Waals surface area contributed by atoms with Gasteiger partial charge in [-0.1, -0.05) is 24.3 Å². The van der Waals surface area contributed by atoms with Gasteiger partial charge in [-0.05, 0) is 36.6 Å². The number of hydrogen-bond acceptors (Lipinski definition) is 3. The van der Waals surface area contributed by atoms with Crippen molar-refractivity contribution in [2.24, 2.45) is 0 Å². The average Bonchev–Trinajstić information content (AvgIpc) is 2.31. The summed E-state index contributed by atoms with van der Waals surface area (Å²) in [5.41, 5.74) is 2.69. The van der Waals surface area contributed by atoms with Crippen LogP contribution in [-0.2, 0) is 0 Å². The molecule has 0 aromatic heterocycles. The maximum atomic E-state index is 9.86. The number of rotatable bonds is 1. The van der Waals surface area contributed by atoms with Crippen LogP contribution in [0.15, 0.2) is 30.3 Å². The number of benzene rings is 2. The highest BCUT2D eigenvalue weighted by Crippen LogP contribution is 2.40. The van der Waals surface area contributed by atoms with E-state index in [9.17, 15) is 15.3 Å². The summed E-state index contributed by atoms with van der Waals surface area (Å²) in [5, 5.41) is 29.1. The molecule has 0 aliphatic rings. The third kappa shape index (κ3) is 1.80.